The van der Waals surface area contributed by atoms with Gasteiger partial charge in [0.05, 0.1) is 7.11 Å². The Labute approximate surface area is 134 Å². The van der Waals surface area contributed by atoms with E-state index in [2.05, 4.69) is 5.32 Å². The van der Waals surface area contributed by atoms with Gasteiger partial charge in [-0.1, -0.05) is 12.1 Å². The van der Waals surface area contributed by atoms with Crippen molar-refractivity contribution >= 4 is 0 Å². The van der Waals surface area contributed by atoms with Crippen LogP contribution < -0.4 is 10.1 Å². The summed E-state index contributed by atoms with van der Waals surface area (Å²) in [6, 6.07) is 9.43. The molecular formula is C18H21F2NO2. The molecule has 2 aromatic rings. The van der Waals surface area contributed by atoms with Crippen molar-refractivity contribution in [1.82, 2.24) is 5.32 Å². The molecule has 0 aliphatic heterocycles. The SMILES string of the molecule is COc1cc(CCC(C)NCc2ccc(F)c(F)c2)ccc1O. The summed E-state index contributed by atoms with van der Waals surface area (Å²) in [7, 11) is 1.52. The van der Waals surface area contributed by atoms with Gasteiger partial charge in [-0.15, -0.1) is 0 Å². The van der Waals surface area contributed by atoms with Crippen LogP contribution in [-0.2, 0) is 13.0 Å². The summed E-state index contributed by atoms with van der Waals surface area (Å²) in [6.07, 6.45) is 1.69. The quantitative estimate of drug-likeness (QED) is 0.815. The van der Waals surface area contributed by atoms with Gasteiger partial charge in [-0.3, -0.25) is 0 Å². The third-order valence-electron chi connectivity index (χ3n) is 3.75. The number of aromatic hydroxyl groups is 1. The summed E-state index contributed by atoms with van der Waals surface area (Å²) < 4.78 is 31.1. The third kappa shape index (κ3) is 4.93. The Kier molecular flexibility index (Phi) is 5.93. The number of hydrogen-bond donors (Lipinski definition) is 2. The van der Waals surface area contributed by atoms with E-state index in [1.54, 1.807) is 12.1 Å². The molecule has 0 amide bonds. The van der Waals surface area contributed by atoms with Crippen LogP contribution in [0.25, 0.3) is 0 Å². The van der Waals surface area contributed by atoms with E-state index in [1.807, 2.05) is 19.1 Å². The average molecular weight is 321 g/mol. The zero-order valence-corrected chi connectivity index (χ0v) is 13.3. The zero-order chi connectivity index (χ0) is 16.8. The van der Waals surface area contributed by atoms with Crippen LogP contribution in [0.15, 0.2) is 36.4 Å². The number of halogens is 2. The van der Waals surface area contributed by atoms with E-state index in [1.165, 1.54) is 13.2 Å². The van der Waals surface area contributed by atoms with Crippen molar-refractivity contribution in [3.8, 4) is 11.5 Å². The van der Waals surface area contributed by atoms with Crippen molar-refractivity contribution < 1.29 is 18.6 Å². The van der Waals surface area contributed by atoms with Crippen LogP contribution in [0.5, 0.6) is 11.5 Å². The lowest BCUT2D eigenvalue weighted by atomic mass is 10.1. The highest BCUT2D eigenvalue weighted by atomic mass is 19.2. The molecule has 0 heterocycles. The fourth-order valence-electron chi connectivity index (χ4n) is 2.30. The number of rotatable bonds is 7. The molecule has 2 N–H and O–H groups in total. The second kappa shape index (κ2) is 7.92. The Morgan fingerprint density at radius 2 is 1.83 bits per heavy atom. The first-order chi connectivity index (χ1) is 11.0. The lowest BCUT2D eigenvalue weighted by Crippen LogP contribution is -2.26. The van der Waals surface area contributed by atoms with Gasteiger partial charge in [0.15, 0.2) is 23.1 Å². The Morgan fingerprint density at radius 1 is 1.09 bits per heavy atom. The predicted octanol–water partition coefficient (Wildman–Crippen LogP) is 3.79. The van der Waals surface area contributed by atoms with Crippen molar-refractivity contribution in [1.29, 1.82) is 0 Å². The van der Waals surface area contributed by atoms with Crippen LogP contribution >= 0.6 is 0 Å². The Balaban J connectivity index is 1.83. The van der Waals surface area contributed by atoms with E-state index in [-0.39, 0.29) is 11.8 Å². The number of methoxy groups -OCH3 is 1. The van der Waals surface area contributed by atoms with Crippen LogP contribution in [0.4, 0.5) is 8.78 Å². The molecule has 1 unspecified atom stereocenters. The molecule has 0 aliphatic carbocycles. The average Bonchev–Trinajstić information content (AvgIpc) is 2.55. The minimum atomic E-state index is -0.830. The van der Waals surface area contributed by atoms with Gasteiger partial charge >= 0.3 is 0 Å². The topological polar surface area (TPSA) is 41.5 Å². The molecule has 0 bridgehead atoms. The Bertz CT molecular complexity index is 661. The molecule has 0 saturated carbocycles. The molecule has 0 spiro atoms. The van der Waals surface area contributed by atoms with E-state index in [0.29, 0.717) is 17.9 Å². The molecule has 2 rings (SSSR count). The molecule has 5 heteroatoms. The number of benzene rings is 2. The smallest absolute Gasteiger partial charge is 0.160 e. The molecule has 124 valence electrons. The van der Waals surface area contributed by atoms with Crippen molar-refractivity contribution in [3.63, 3.8) is 0 Å². The number of nitrogens with one attached hydrogen (secondary N) is 1. The Morgan fingerprint density at radius 3 is 2.52 bits per heavy atom. The first kappa shape index (κ1) is 17.2. The van der Waals surface area contributed by atoms with Gasteiger partial charge in [-0.05, 0) is 55.2 Å². The van der Waals surface area contributed by atoms with Gasteiger partial charge in [0.1, 0.15) is 0 Å². The van der Waals surface area contributed by atoms with Crippen LogP contribution in [0.1, 0.15) is 24.5 Å². The van der Waals surface area contributed by atoms with Crippen molar-refractivity contribution in [2.24, 2.45) is 0 Å². The van der Waals surface area contributed by atoms with Gasteiger partial charge < -0.3 is 15.2 Å². The molecule has 0 aliphatic rings. The lowest BCUT2D eigenvalue weighted by molar-refractivity contribution is 0.372. The second-order valence-corrected chi connectivity index (χ2v) is 5.58. The Hall–Kier alpha value is -2.14. The first-order valence-corrected chi connectivity index (χ1v) is 7.52. The van der Waals surface area contributed by atoms with Crippen molar-refractivity contribution in [2.75, 3.05) is 7.11 Å². The normalized spacial score (nSPS) is 12.2. The number of phenols is 1. The van der Waals surface area contributed by atoms with Gasteiger partial charge in [-0.2, -0.15) is 0 Å². The fourth-order valence-corrected chi connectivity index (χ4v) is 2.30. The van der Waals surface area contributed by atoms with Crippen LogP contribution in [0.2, 0.25) is 0 Å². The van der Waals surface area contributed by atoms with Crippen LogP contribution in [0.3, 0.4) is 0 Å². The highest BCUT2D eigenvalue weighted by molar-refractivity contribution is 5.41. The molecule has 3 nitrogen and oxygen atoms in total. The standard InChI is InChI=1S/C18H21F2NO2/c1-12(21-11-14-5-7-15(19)16(20)9-14)3-4-13-6-8-17(22)18(10-13)23-2/h5-10,12,21-22H,3-4,11H2,1-2H3. The molecule has 2 aromatic carbocycles. The number of aryl methyl sites for hydroxylation is 1. The molecule has 1 atom stereocenters. The minimum absolute atomic E-state index is 0.126. The van der Waals surface area contributed by atoms with E-state index in [0.717, 1.165) is 24.5 Å². The van der Waals surface area contributed by atoms with Crippen molar-refractivity contribution in [3.05, 3.63) is 59.2 Å². The summed E-state index contributed by atoms with van der Waals surface area (Å²) in [5.41, 5.74) is 1.78. The largest absolute Gasteiger partial charge is 0.504 e. The summed E-state index contributed by atoms with van der Waals surface area (Å²) >= 11 is 0. The van der Waals surface area contributed by atoms with E-state index >= 15 is 0 Å². The molecular weight excluding hydrogens is 300 g/mol. The van der Waals surface area contributed by atoms with Crippen molar-refractivity contribution in [2.45, 2.75) is 32.4 Å². The van der Waals surface area contributed by atoms with E-state index in [9.17, 15) is 13.9 Å². The van der Waals surface area contributed by atoms with Gasteiger partial charge in [-0.25, -0.2) is 8.78 Å². The maximum atomic E-state index is 13.1. The highest BCUT2D eigenvalue weighted by Gasteiger charge is 2.07. The second-order valence-electron chi connectivity index (χ2n) is 5.58. The van der Waals surface area contributed by atoms with Crippen LogP contribution in [0, 0.1) is 11.6 Å². The molecule has 0 saturated heterocycles. The lowest BCUT2D eigenvalue weighted by Gasteiger charge is -2.14. The molecule has 0 fully saturated rings. The maximum absolute atomic E-state index is 13.1. The zero-order valence-electron chi connectivity index (χ0n) is 13.3. The molecule has 23 heavy (non-hydrogen) atoms. The number of ether oxygens (including phenoxy) is 1. The van der Waals surface area contributed by atoms with Gasteiger partial charge in [0.25, 0.3) is 0 Å². The summed E-state index contributed by atoms with van der Waals surface area (Å²) in [5, 5.41) is 12.9. The molecule has 0 radical (unpaired) electrons. The number of phenolic OH excluding ortho intramolecular Hbond substituents is 1. The molecule has 0 aromatic heterocycles. The number of hydrogen-bond acceptors (Lipinski definition) is 3. The third-order valence-corrected chi connectivity index (χ3v) is 3.75. The van der Waals surface area contributed by atoms with Gasteiger partial charge in [0.2, 0.25) is 0 Å². The predicted molar refractivity (Wildman–Crippen MR) is 85.6 cm³/mol. The highest BCUT2D eigenvalue weighted by Crippen LogP contribution is 2.26. The monoisotopic (exact) mass is 321 g/mol. The van der Waals surface area contributed by atoms with Crippen LogP contribution in [-0.4, -0.2) is 18.3 Å². The maximum Gasteiger partial charge on any atom is 0.160 e. The first-order valence-electron chi connectivity index (χ1n) is 7.52. The van der Waals surface area contributed by atoms with Gasteiger partial charge in [0, 0.05) is 12.6 Å². The van der Waals surface area contributed by atoms with E-state index < -0.39 is 11.6 Å². The fraction of sp³-hybridized carbons (Fsp3) is 0.333. The minimum Gasteiger partial charge on any atom is -0.504 e. The van der Waals surface area contributed by atoms with E-state index in [4.69, 9.17) is 4.74 Å². The summed E-state index contributed by atoms with van der Waals surface area (Å²) in [5.74, 6) is -1.07. The summed E-state index contributed by atoms with van der Waals surface area (Å²) in [4.78, 5) is 0. The summed E-state index contributed by atoms with van der Waals surface area (Å²) in [6.45, 7) is 2.52.